The third-order valence-corrected chi connectivity index (χ3v) is 12.3. The van der Waals surface area contributed by atoms with Crippen molar-refractivity contribution in [1.82, 2.24) is 31.5 Å². The van der Waals surface area contributed by atoms with Gasteiger partial charge in [-0.15, -0.1) is 0 Å². The predicted molar refractivity (Wildman–Crippen MR) is 259 cm³/mol. The molecule has 2 aliphatic rings. The molecule has 16 heteroatoms. The Kier molecular flexibility index (Phi) is 21.0. The molecule has 1 saturated heterocycles. The van der Waals surface area contributed by atoms with Gasteiger partial charge >= 0.3 is 12.2 Å². The SMILES string of the molecule is C/C(=C\[C@H](Cc1ccccc1)C(=O)N1CCC[C@H]1C(=O)N[C@H](C(=O)N[C@@H](CCCNC(=O)OCc1ccccc1)C(=O)NC1=NCCC(C)S1)C(C)C)[C@H](CC(C)C)NC(=O)OC(C)(C)C. The monoisotopic (exact) mass is 932 g/mol. The van der Waals surface area contributed by atoms with Crippen LogP contribution in [0.15, 0.2) is 77.3 Å². The molecule has 362 valence electrons. The number of nitrogens with zero attached hydrogens (tertiary/aromatic N) is 2. The van der Waals surface area contributed by atoms with Gasteiger partial charge in [-0.1, -0.05) is 119 Å². The van der Waals surface area contributed by atoms with Crippen LogP contribution in [0.4, 0.5) is 9.59 Å². The van der Waals surface area contributed by atoms with E-state index in [9.17, 15) is 28.8 Å². The molecule has 6 atom stereocenters. The zero-order valence-corrected chi connectivity index (χ0v) is 41.1. The summed E-state index contributed by atoms with van der Waals surface area (Å²) in [6.45, 7) is 18.4. The summed E-state index contributed by atoms with van der Waals surface area (Å²) in [7, 11) is 0. The molecule has 0 bridgehead atoms. The highest BCUT2D eigenvalue weighted by Gasteiger charge is 2.39. The Hall–Kier alpha value is -5.38. The number of carbonyl (C=O) groups excluding carboxylic acids is 6. The molecule has 15 nitrogen and oxygen atoms in total. The van der Waals surface area contributed by atoms with Crippen LogP contribution in [0.3, 0.4) is 0 Å². The second-order valence-electron chi connectivity index (χ2n) is 19.0. The minimum Gasteiger partial charge on any atom is -0.445 e. The standard InChI is InChI=1S/C50H73N7O8S/c1-32(2)28-40(54-49(63)65-50(7,8)9)34(5)29-38(30-36-18-12-10-13-19-36)46(61)57-27-17-23-41(57)44(59)55-42(33(3)4)45(60)53-39(43(58)56-47-51-26-24-35(6)66-47)22-16-25-52-48(62)64-31-37-20-14-11-15-21-37/h10-15,18-21,29,32-33,35,38-42H,16-17,22-28,30-31H2,1-9H3,(H,52,62)(H,53,60)(H,54,63)(H,55,59)(H,51,56,58)/b34-29+/t35?,38-,39+,40+,41+,42+/m1/s1. The van der Waals surface area contributed by atoms with E-state index in [-0.39, 0.29) is 42.6 Å². The van der Waals surface area contributed by atoms with Crippen molar-refractivity contribution >= 4 is 52.7 Å². The smallest absolute Gasteiger partial charge is 0.408 e. The van der Waals surface area contributed by atoms with Gasteiger partial charge in [-0.05, 0) is 95.6 Å². The number of likely N-dealkylation sites (tertiary alicyclic amines) is 1. The van der Waals surface area contributed by atoms with E-state index in [1.54, 1.807) is 39.5 Å². The molecule has 2 aromatic rings. The molecule has 1 unspecified atom stereocenters. The highest BCUT2D eigenvalue weighted by molar-refractivity contribution is 8.14. The predicted octanol–water partition coefficient (Wildman–Crippen LogP) is 7.05. The zero-order valence-electron chi connectivity index (χ0n) is 40.3. The van der Waals surface area contributed by atoms with Crippen LogP contribution in [0, 0.1) is 17.8 Å². The molecule has 66 heavy (non-hydrogen) atoms. The lowest BCUT2D eigenvalue weighted by atomic mass is 9.91. The van der Waals surface area contributed by atoms with Crippen molar-refractivity contribution in [2.45, 2.75) is 149 Å². The molecular formula is C50H73N7O8S. The molecule has 0 aromatic heterocycles. The van der Waals surface area contributed by atoms with Gasteiger partial charge in [-0.2, -0.15) is 0 Å². The van der Waals surface area contributed by atoms with Gasteiger partial charge in [0.05, 0.1) is 12.0 Å². The number of rotatable bonds is 20. The highest BCUT2D eigenvalue weighted by Crippen LogP contribution is 2.26. The van der Waals surface area contributed by atoms with Gasteiger partial charge in [0.15, 0.2) is 5.17 Å². The summed E-state index contributed by atoms with van der Waals surface area (Å²) in [5.41, 5.74) is 1.91. The molecular weight excluding hydrogens is 859 g/mol. The van der Waals surface area contributed by atoms with E-state index in [2.05, 4.69) is 52.3 Å². The first-order valence-corrected chi connectivity index (χ1v) is 24.3. The van der Waals surface area contributed by atoms with Crippen LogP contribution >= 0.6 is 11.8 Å². The van der Waals surface area contributed by atoms with Crippen molar-refractivity contribution in [3.8, 4) is 0 Å². The number of ether oxygens (including phenoxy) is 2. The first-order valence-electron chi connectivity index (χ1n) is 23.4. The largest absolute Gasteiger partial charge is 0.445 e. The number of nitrogens with one attached hydrogen (secondary N) is 5. The van der Waals surface area contributed by atoms with Gasteiger partial charge in [0.1, 0.15) is 30.3 Å². The first-order chi connectivity index (χ1) is 31.3. The van der Waals surface area contributed by atoms with Gasteiger partial charge < -0.3 is 41.0 Å². The molecule has 1 fully saturated rings. The third-order valence-electron chi connectivity index (χ3n) is 11.2. The van der Waals surface area contributed by atoms with E-state index >= 15 is 0 Å². The number of benzene rings is 2. The fourth-order valence-corrected chi connectivity index (χ4v) is 8.73. The van der Waals surface area contributed by atoms with Gasteiger partial charge in [0, 0.05) is 24.9 Å². The Morgan fingerprint density at radius 1 is 0.864 bits per heavy atom. The van der Waals surface area contributed by atoms with Gasteiger partial charge in [-0.25, -0.2) is 9.59 Å². The second-order valence-corrected chi connectivity index (χ2v) is 20.5. The maximum atomic E-state index is 14.7. The number of alkyl carbamates (subject to hydrolysis) is 2. The van der Waals surface area contributed by atoms with Crippen molar-refractivity contribution in [2.75, 3.05) is 19.6 Å². The lowest BCUT2D eigenvalue weighted by Crippen LogP contribution is -2.58. The summed E-state index contributed by atoms with van der Waals surface area (Å²) < 4.78 is 10.9. The number of hydrogen-bond donors (Lipinski definition) is 5. The molecule has 6 amide bonds. The first kappa shape index (κ1) is 53.2. The van der Waals surface area contributed by atoms with Crippen LogP contribution in [-0.2, 0) is 41.7 Å². The summed E-state index contributed by atoms with van der Waals surface area (Å²) in [6, 6.07) is 15.7. The van der Waals surface area contributed by atoms with Crippen molar-refractivity contribution in [1.29, 1.82) is 0 Å². The van der Waals surface area contributed by atoms with Crippen molar-refractivity contribution in [3.63, 3.8) is 0 Å². The lowest BCUT2D eigenvalue weighted by Gasteiger charge is -2.31. The van der Waals surface area contributed by atoms with E-state index in [1.807, 2.05) is 73.7 Å². The van der Waals surface area contributed by atoms with Crippen LogP contribution in [0.5, 0.6) is 0 Å². The molecule has 5 N–H and O–H groups in total. The average Bonchev–Trinajstić information content (AvgIpc) is 3.75. The van der Waals surface area contributed by atoms with Gasteiger partial charge in [0.25, 0.3) is 0 Å². The van der Waals surface area contributed by atoms with Crippen LogP contribution in [0.2, 0.25) is 0 Å². The number of carbonyl (C=O) groups is 6. The second kappa shape index (κ2) is 26.1. The number of amidine groups is 1. The maximum absolute atomic E-state index is 14.7. The molecule has 0 aliphatic carbocycles. The number of amides is 6. The van der Waals surface area contributed by atoms with Crippen LogP contribution in [-0.4, -0.2) is 101 Å². The summed E-state index contributed by atoms with van der Waals surface area (Å²) >= 11 is 1.45. The van der Waals surface area contributed by atoms with E-state index < -0.39 is 65.6 Å². The third kappa shape index (κ3) is 18.1. The topological polar surface area (TPSA) is 197 Å². The van der Waals surface area contributed by atoms with Crippen molar-refractivity contribution < 1.29 is 38.2 Å². The number of thioether (sulfide) groups is 1. The van der Waals surface area contributed by atoms with E-state index in [0.717, 1.165) is 23.1 Å². The molecule has 0 radical (unpaired) electrons. The molecule has 0 saturated carbocycles. The zero-order chi connectivity index (χ0) is 48.4. The fraction of sp³-hybridized carbons (Fsp3) is 0.580. The quantitative estimate of drug-likeness (QED) is 0.0683. The molecule has 0 spiro atoms. The Morgan fingerprint density at radius 2 is 1.53 bits per heavy atom. The maximum Gasteiger partial charge on any atom is 0.408 e. The molecule has 2 heterocycles. The summed E-state index contributed by atoms with van der Waals surface area (Å²) in [4.78, 5) is 88.3. The summed E-state index contributed by atoms with van der Waals surface area (Å²) in [5.74, 6) is -2.50. The van der Waals surface area contributed by atoms with Gasteiger partial charge in [-0.3, -0.25) is 24.2 Å². The number of hydrogen-bond acceptors (Lipinski definition) is 10. The molecule has 4 rings (SSSR count). The van der Waals surface area contributed by atoms with Crippen molar-refractivity contribution in [2.24, 2.45) is 22.7 Å². The Morgan fingerprint density at radius 3 is 2.15 bits per heavy atom. The number of aliphatic imine (C=N–C) groups is 1. The minimum atomic E-state index is -1.03. The average molecular weight is 932 g/mol. The Bertz CT molecular complexity index is 1990. The summed E-state index contributed by atoms with van der Waals surface area (Å²) in [6.07, 6.45) is 4.15. The summed E-state index contributed by atoms with van der Waals surface area (Å²) in [5, 5.41) is 15.2. The van der Waals surface area contributed by atoms with Crippen LogP contribution in [0.25, 0.3) is 0 Å². The lowest BCUT2D eigenvalue weighted by molar-refractivity contribution is -0.141. The van der Waals surface area contributed by atoms with Crippen LogP contribution in [0.1, 0.15) is 112 Å². The molecule has 2 aliphatic heterocycles. The van der Waals surface area contributed by atoms with E-state index in [0.29, 0.717) is 50.4 Å². The van der Waals surface area contributed by atoms with Crippen LogP contribution < -0.4 is 26.6 Å². The highest BCUT2D eigenvalue weighted by atomic mass is 32.2. The minimum absolute atomic E-state index is 0.111. The normalized spacial score (nSPS) is 18.3. The van der Waals surface area contributed by atoms with E-state index in [4.69, 9.17) is 9.47 Å². The van der Waals surface area contributed by atoms with Gasteiger partial charge in [0.2, 0.25) is 23.6 Å². The van der Waals surface area contributed by atoms with E-state index in [1.165, 1.54) is 11.8 Å². The Labute approximate surface area is 395 Å². The Balaban J connectivity index is 1.49. The fourth-order valence-electron chi connectivity index (χ4n) is 7.80. The van der Waals surface area contributed by atoms with Crippen molar-refractivity contribution in [3.05, 3.63) is 83.4 Å². The molecule has 2 aromatic carbocycles.